The first-order valence-electron chi connectivity index (χ1n) is 43.2. The second-order valence-electron chi connectivity index (χ2n) is 33.2. The highest BCUT2D eigenvalue weighted by Gasteiger charge is 2.45. The van der Waals surface area contributed by atoms with E-state index in [0.717, 1.165) is 31.4 Å². The number of aliphatic hydroxyl groups is 2. The van der Waals surface area contributed by atoms with Gasteiger partial charge in [0, 0.05) is 112 Å². The van der Waals surface area contributed by atoms with E-state index >= 15 is 24.0 Å². The molecule has 6 aromatic rings. The standard InChI is InChI=1S/C87H119N21O20S/c1-9-11-22-67-81(122)97-59(30-47(3)4)78(119)103-66(77(118)93-40-72(89)113)44-129-45-73(114)96-62(31-49-25-27-53(110)28-26-49)84(125)104(6)48(5)75(116)100-64(36-71(88)112)86(127)107-29-17-24-68(107)82(123)99-61(34-52-39-90-46-95-52)76(117)94-41-74(115)108-42-54(111)35-70(108)83(124)98-60(32-50-37-91-57-20-15-13-18-55(50)57)79(120)102-65(43-109)80(121)101-63(33-51-38-92-58-21-16-14-19-56(51)58)85(126)106(8)69(23-12-10-2)87(128)105(67)7/h13-16,18-21,25-28,37-39,46-48,54,59-70,91-92,109-111H,9-12,17,22-24,29-36,40-45H2,1-8H3,(H2,88,112)(H2,89,113)(H,90,95)(H,93,118)(H,94,117)(H,96,114)(H,97,122)(H,98,124)(H,99,123)(H,100,116)(H,101,121)(H,102,120)(H,103,119)/t48-,54+,59-,60-,61-,62-,63-,64-,65-,66-,67-,68-,69-,70-/m0/s1. The zero-order chi connectivity index (χ0) is 94.0. The molecule has 0 spiro atoms. The number of fused-ring (bicyclic) bond motifs is 4. The maximum atomic E-state index is 15.7. The molecule has 41 nitrogen and oxygen atoms in total. The number of aromatic amines is 3. The Morgan fingerprint density at radius 2 is 1.12 bits per heavy atom. The number of nitrogens with zero attached hydrogens (tertiary/aromatic N) is 6. The summed E-state index contributed by atoms with van der Waals surface area (Å²) in [7, 11) is 3.96. The topological polar surface area (TPSA) is 600 Å². The molecule has 129 heavy (non-hydrogen) atoms. The lowest BCUT2D eigenvalue weighted by atomic mass is 9.99. The number of nitrogens with two attached hydrogens (primary N) is 2. The molecule has 3 saturated heterocycles. The summed E-state index contributed by atoms with van der Waals surface area (Å²) in [6.45, 7) is 5.32. The van der Waals surface area contributed by atoms with Gasteiger partial charge >= 0.3 is 0 Å². The molecular formula is C87H119N21O20S. The maximum absolute atomic E-state index is 15.7. The van der Waals surface area contributed by atoms with Crippen LogP contribution in [0.15, 0.2) is 97.7 Å². The molecule has 0 saturated carbocycles. The lowest BCUT2D eigenvalue weighted by Gasteiger charge is -2.36. The van der Waals surface area contributed by atoms with Crippen molar-refractivity contribution in [1.29, 1.82) is 0 Å². The Labute approximate surface area is 749 Å². The minimum atomic E-state index is -1.87. The third-order valence-corrected chi connectivity index (χ3v) is 24.2. The third-order valence-electron chi connectivity index (χ3n) is 23.2. The maximum Gasteiger partial charge on any atom is 0.246 e. The van der Waals surface area contributed by atoms with Gasteiger partial charge in [-0.1, -0.05) is 102 Å². The van der Waals surface area contributed by atoms with Gasteiger partial charge in [-0.2, -0.15) is 0 Å². The third kappa shape index (κ3) is 27.3. The number of aromatic hydroxyl groups is 1. The van der Waals surface area contributed by atoms with Crippen LogP contribution in [0.2, 0.25) is 0 Å². The van der Waals surface area contributed by atoms with Crippen LogP contribution >= 0.6 is 11.8 Å². The number of likely N-dealkylation sites (N-methyl/N-ethyl adjacent to an activating group) is 3. The summed E-state index contributed by atoms with van der Waals surface area (Å²) in [6, 6.07) is -0.187. The predicted molar refractivity (Wildman–Crippen MR) is 472 cm³/mol. The number of hydrogen-bond acceptors (Lipinski definition) is 22. The summed E-state index contributed by atoms with van der Waals surface area (Å²) in [4.78, 5) is 266. The van der Waals surface area contributed by atoms with Crippen LogP contribution in [0.3, 0.4) is 0 Å². The van der Waals surface area contributed by atoms with E-state index in [2.05, 4.69) is 73.1 Å². The Morgan fingerprint density at radius 1 is 0.574 bits per heavy atom. The number of amides is 17. The number of H-pyrrole nitrogens is 3. The van der Waals surface area contributed by atoms with Crippen LogP contribution in [0.4, 0.5) is 0 Å². The summed E-state index contributed by atoms with van der Waals surface area (Å²) >= 11 is 0.795. The number of para-hydroxylation sites is 2. The number of carbonyl (C=O) groups excluding carboxylic acids is 17. The van der Waals surface area contributed by atoms with E-state index in [1.165, 1.54) is 69.8 Å². The van der Waals surface area contributed by atoms with Crippen LogP contribution in [0.25, 0.3) is 21.8 Å². The molecule has 17 amide bonds. The number of phenols is 1. The van der Waals surface area contributed by atoms with Gasteiger partial charge in [0.15, 0.2) is 0 Å². The normalized spacial score (nSPS) is 24.8. The monoisotopic (exact) mass is 1810 g/mol. The van der Waals surface area contributed by atoms with E-state index < -0.39 is 229 Å². The Kier molecular flexibility index (Phi) is 36.5. The molecule has 20 N–H and O–H groups in total. The van der Waals surface area contributed by atoms with Crippen molar-refractivity contribution >= 4 is 134 Å². The van der Waals surface area contributed by atoms with Crippen molar-refractivity contribution < 1.29 is 96.8 Å². The molecule has 3 aromatic carbocycles. The number of hydrogen-bond donors (Lipinski definition) is 18. The number of aliphatic hydroxyl groups excluding tert-OH is 2. The molecule has 0 unspecified atom stereocenters. The quantitative estimate of drug-likeness (QED) is 0.0332. The molecule has 9 rings (SSSR count). The number of thioether (sulfide) groups is 1. The Hall–Kier alpha value is -13.0. The SMILES string of the molecule is CCCC[C@H]1C(=O)N(C)[C@@H](CCCC)C(=O)N[C@@H](CC(C)C)C(=O)N[C@H](C(=O)NCC(N)=O)CSCC(=O)N[C@@H](Cc2ccc(O)cc2)C(=O)N(C)[C@@H](C)C(=O)N[C@@H](CC(N)=O)C(=O)N2CCC[C@H]2C(=O)N[C@@H](Cc2c[nH]cn2)C(=O)NCC(=O)N2C[C@H](O)C[C@H]2C(=O)N[C@@H](Cc2c[nH]c3ccccc23)C(=O)N[C@@H](CO)C(=O)N[C@@H](Cc2c[nH]c3ccccc23)C(=O)N1C. The van der Waals surface area contributed by atoms with Gasteiger partial charge in [-0.05, 0) is 85.9 Å². The Balaban J connectivity index is 1.07. The summed E-state index contributed by atoms with van der Waals surface area (Å²) < 4.78 is 0. The van der Waals surface area contributed by atoms with Gasteiger partial charge in [0.2, 0.25) is 100 Å². The van der Waals surface area contributed by atoms with Crippen LogP contribution in [-0.4, -0.2) is 310 Å². The lowest BCUT2D eigenvalue weighted by Crippen LogP contribution is -2.61. The Bertz CT molecular complexity index is 5010. The summed E-state index contributed by atoms with van der Waals surface area (Å²) in [5.41, 5.74) is 14.1. The second-order valence-corrected chi connectivity index (χ2v) is 34.2. The smallest absolute Gasteiger partial charge is 0.246 e. The van der Waals surface area contributed by atoms with E-state index in [-0.39, 0.29) is 88.1 Å². The van der Waals surface area contributed by atoms with Crippen LogP contribution in [0.5, 0.6) is 5.75 Å². The van der Waals surface area contributed by atoms with E-state index in [4.69, 9.17) is 11.5 Å². The van der Waals surface area contributed by atoms with Crippen LogP contribution in [0.1, 0.15) is 128 Å². The van der Waals surface area contributed by atoms with E-state index in [9.17, 15) is 72.9 Å². The molecule has 6 heterocycles. The van der Waals surface area contributed by atoms with Crippen molar-refractivity contribution in [2.75, 3.05) is 65.4 Å². The first-order chi connectivity index (χ1) is 61.5. The van der Waals surface area contributed by atoms with Crippen molar-refractivity contribution in [3.05, 3.63) is 120 Å². The van der Waals surface area contributed by atoms with Crippen molar-refractivity contribution in [2.45, 2.75) is 216 Å². The molecule has 3 aromatic heterocycles. The minimum absolute atomic E-state index is 0.00793. The van der Waals surface area contributed by atoms with Gasteiger partial charge in [-0.3, -0.25) is 81.5 Å². The number of primary amides is 2. The molecule has 0 radical (unpaired) electrons. The number of nitrogens with one attached hydrogen (secondary N) is 13. The minimum Gasteiger partial charge on any atom is -0.508 e. The van der Waals surface area contributed by atoms with Gasteiger partial charge in [0.25, 0.3) is 0 Å². The van der Waals surface area contributed by atoms with Gasteiger partial charge in [-0.25, -0.2) is 4.98 Å². The van der Waals surface area contributed by atoms with Gasteiger partial charge in [0.05, 0.1) is 50.0 Å². The van der Waals surface area contributed by atoms with E-state index in [1.54, 1.807) is 74.8 Å². The predicted octanol–water partition coefficient (Wildman–Crippen LogP) is -2.56. The highest BCUT2D eigenvalue weighted by Crippen LogP contribution is 2.27. The van der Waals surface area contributed by atoms with Crippen LogP contribution < -0.4 is 64.6 Å². The fourth-order valence-electron chi connectivity index (χ4n) is 15.9. The molecule has 42 heteroatoms. The van der Waals surface area contributed by atoms with Crippen molar-refractivity contribution in [1.82, 2.24) is 97.6 Å². The average Bonchev–Trinajstić information content (AvgIpc) is 1.80. The zero-order valence-corrected chi connectivity index (χ0v) is 74.3. The van der Waals surface area contributed by atoms with Gasteiger partial charge in [-0.15, -0.1) is 11.8 Å². The summed E-state index contributed by atoms with van der Waals surface area (Å²) in [5.74, 6) is -17.2. The summed E-state index contributed by atoms with van der Waals surface area (Å²) in [6.07, 6.45) is 4.26. The number of phenolic OH excluding ortho intramolecular Hbond substituents is 1. The number of imidazole rings is 1. The van der Waals surface area contributed by atoms with E-state index in [0.29, 0.717) is 64.2 Å². The number of rotatable bonds is 22. The second kappa shape index (κ2) is 47.2. The molecule has 698 valence electrons. The summed E-state index contributed by atoms with van der Waals surface area (Å²) in [5, 5.41) is 60.0. The molecule has 3 fully saturated rings. The number of carbonyl (C=O) groups is 17. The number of benzene rings is 3. The van der Waals surface area contributed by atoms with E-state index in [1.807, 2.05) is 13.8 Å². The van der Waals surface area contributed by atoms with Crippen LogP contribution in [0, 0.1) is 5.92 Å². The fraction of sp³-hybridized carbons (Fsp3) is 0.517. The van der Waals surface area contributed by atoms with Crippen molar-refractivity contribution in [3.63, 3.8) is 0 Å². The molecular weight excluding hydrogens is 1690 g/mol. The highest BCUT2D eigenvalue weighted by atomic mass is 32.2. The van der Waals surface area contributed by atoms with Gasteiger partial charge < -0.3 is 119 Å². The first kappa shape index (κ1) is 99.8. The molecule has 0 aliphatic carbocycles. The Morgan fingerprint density at radius 3 is 1.73 bits per heavy atom. The fourth-order valence-corrected chi connectivity index (χ4v) is 16.8. The lowest BCUT2D eigenvalue weighted by molar-refractivity contribution is -0.149. The number of aromatic nitrogens is 4. The highest BCUT2D eigenvalue weighted by molar-refractivity contribution is 8.00. The first-order valence-corrected chi connectivity index (χ1v) is 44.3. The molecule has 0 bridgehead atoms. The largest absolute Gasteiger partial charge is 0.508 e. The van der Waals surface area contributed by atoms with Crippen molar-refractivity contribution in [2.24, 2.45) is 17.4 Å². The van der Waals surface area contributed by atoms with Gasteiger partial charge in [0.1, 0.15) is 84.3 Å². The number of unbranched alkanes of at least 4 members (excludes halogenated alkanes) is 2. The van der Waals surface area contributed by atoms with Crippen LogP contribution in [-0.2, 0) is 107 Å². The average molecular weight is 1810 g/mol. The van der Waals surface area contributed by atoms with Crippen molar-refractivity contribution in [3.8, 4) is 5.75 Å². The molecule has 3 aliphatic heterocycles. The molecule has 3 aliphatic rings. The zero-order valence-electron chi connectivity index (χ0n) is 73.5. The molecule has 14 atom stereocenters.